The standard InChI is InChI=1S/FH2O3P.Hg/c1-5(2,3)4;/h(H2,2,3,4);/q;+2/p-2. The molecule has 6 heteroatoms. The number of rotatable bonds is 0. The van der Waals surface area contributed by atoms with Gasteiger partial charge in [-0.15, -0.1) is 0 Å². The van der Waals surface area contributed by atoms with Crippen molar-refractivity contribution in [1.82, 2.24) is 0 Å². The van der Waals surface area contributed by atoms with E-state index in [1.54, 1.807) is 0 Å². The van der Waals surface area contributed by atoms with E-state index in [9.17, 15) is 4.20 Å². The molecule has 3 nitrogen and oxygen atoms in total. The molecule has 0 aliphatic heterocycles. The third-order valence-corrected chi connectivity index (χ3v) is 0. The monoisotopic (exact) mass is 300 g/mol. The van der Waals surface area contributed by atoms with E-state index >= 15 is 0 Å². The molecule has 0 aliphatic carbocycles. The second kappa shape index (κ2) is 3.21. The molecule has 0 aliphatic rings. The first-order valence-corrected chi connectivity index (χ1v) is 2.15. The fraction of sp³-hybridized carbons (Fsp3) is 0. The van der Waals surface area contributed by atoms with Crippen molar-refractivity contribution in [3.63, 3.8) is 0 Å². The summed E-state index contributed by atoms with van der Waals surface area (Å²) in [5.74, 6) is 0. The quantitative estimate of drug-likeness (QED) is 0.373. The normalized spacial score (nSPS) is 10.0. The molecule has 0 saturated heterocycles. The van der Waals surface area contributed by atoms with E-state index < -0.39 is 8.25 Å². The fourth-order valence-corrected chi connectivity index (χ4v) is 0. The predicted molar refractivity (Wildman–Crippen MR) is 8.03 cm³/mol. The van der Waals surface area contributed by atoms with Crippen LogP contribution in [0.4, 0.5) is 4.20 Å². The van der Waals surface area contributed by atoms with Crippen molar-refractivity contribution in [2.24, 2.45) is 0 Å². The van der Waals surface area contributed by atoms with E-state index in [0.717, 1.165) is 0 Å². The summed E-state index contributed by atoms with van der Waals surface area (Å²) in [6.07, 6.45) is 0. The van der Waals surface area contributed by atoms with Gasteiger partial charge in [0.2, 0.25) is 0 Å². The second-order valence-electron chi connectivity index (χ2n) is 0.431. The van der Waals surface area contributed by atoms with Gasteiger partial charge in [-0.3, -0.25) is 0 Å². The predicted octanol–water partition coefficient (Wildman–Crippen LogP) is -2.29. The van der Waals surface area contributed by atoms with Crippen molar-refractivity contribution in [1.29, 1.82) is 0 Å². The smallest absolute Gasteiger partial charge is 0.659 e. The first-order chi connectivity index (χ1) is 2.00. The molecule has 0 spiro atoms. The van der Waals surface area contributed by atoms with Gasteiger partial charge in [0.05, 0.1) is 8.25 Å². The molecule has 0 heterocycles. The van der Waals surface area contributed by atoms with Gasteiger partial charge in [0, 0.05) is 0 Å². The zero-order valence-corrected chi connectivity index (χ0v) is 9.15. The molecule has 6 heavy (non-hydrogen) atoms. The minimum absolute atomic E-state index is 0. The topological polar surface area (TPSA) is 69.2 Å². The summed E-state index contributed by atoms with van der Waals surface area (Å²) in [6.45, 7) is 0. The van der Waals surface area contributed by atoms with Crippen molar-refractivity contribution in [2.45, 2.75) is 0 Å². The molecule has 0 saturated carbocycles. The molecular formula is FHgO3P. The zero-order chi connectivity index (χ0) is 4.50. The first kappa shape index (κ1) is 10.2. The summed E-state index contributed by atoms with van der Waals surface area (Å²) in [5, 5.41) is 0. The van der Waals surface area contributed by atoms with Gasteiger partial charge in [0.1, 0.15) is 0 Å². The summed E-state index contributed by atoms with van der Waals surface area (Å²) < 4.78 is 10.1. The summed E-state index contributed by atoms with van der Waals surface area (Å²) in [5.41, 5.74) is 0. The summed E-state index contributed by atoms with van der Waals surface area (Å²) in [6, 6.07) is 0. The third kappa shape index (κ3) is 65.3. The van der Waals surface area contributed by atoms with Crippen molar-refractivity contribution in [2.75, 3.05) is 0 Å². The van der Waals surface area contributed by atoms with Gasteiger partial charge in [-0.05, 0) is 0 Å². The molecule has 0 aromatic heterocycles. The van der Waals surface area contributed by atoms with Crippen LogP contribution in [0, 0.1) is 0 Å². The molecule has 0 atom stereocenters. The second-order valence-corrected chi connectivity index (χ2v) is 1.29. The Labute approximate surface area is 55.0 Å². The molecule has 0 N–H and O–H groups in total. The Bertz CT molecular complexity index is 26.3. The number of halogens is 1. The van der Waals surface area contributed by atoms with Crippen molar-refractivity contribution in [3.05, 3.63) is 0 Å². The van der Waals surface area contributed by atoms with Gasteiger partial charge < -0.3 is 14.7 Å². The largest absolute Gasteiger partial charge is 2.00 e. The van der Waals surface area contributed by atoms with Crippen LogP contribution in [-0.4, -0.2) is 0 Å². The molecular weight excluding hydrogens is 299 g/mol. The van der Waals surface area contributed by atoms with E-state index in [0.29, 0.717) is 0 Å². The minimum Gasteiger partial charge on any atom is -0.659 e. The summed E-state index contributed by atoms with van der Waals surface area (Å²) >= 11 is 0. The van der Waals surface area contributed by atoms with Gasteiger partial charge in [0.25, 0.3) is 0 Å². The zero-order valence-electron chi connectivity index (χ0n) is 2.76. The van der Waals surface area contributed by atoms with E-state index in [1.165, 1.54) is 0 Å². The van der Waals surface area contributed by atoms with Crippen LogP contribution >= 0.6 is 8.25 Å². The first-order valence-electron chi connectivity index (χ1n) is 0.717. The van der Waals surface area contributed by atoms with Crippen molar-refractivity contribution in [3.8, 4) is 0 Å². The van der Waals surface area contributed by atoms with E-state index in [-0.39, 0.29) is 27.7 Å². The summed E-state index contributed by atoms with van der Waals surface area (Å²) in [4.78, 5) is 25.3. The SMILES string of the molecule is [Hg+2].[O-][P+]([O-])([O-])F. The molecule has 0 fully saturated rings. The Morgan fingerprint density at radius 1 is 1.17 bits per heavy atom. The van der Waals surface area contributed by atoms with Crippen LogP contribution in [0.3, 0.4) is 0 Å². The van der Waals surface area contributed by atoms with E-state index in [2.05, 4.69) is 0 Å². The molecule has 0 aromatic carbocycles. The van der Waals surface area contributed by atoms with Gasteiger partial charge in [0.15, 0.2) is 0 Å². The van der Waals surface area contributed by atoms with Crippen LogP contribution in [0.5, 0.6) is 0 Å². The van der Waals surface area contributed by atoms with Gasteiger partial charge in [-0.25, -0.2) is 0 Å². The van der Waals surface area contributed by atoms with Gasteiger partial charge in [-0.2, -0.15) is 0 Å². The maximum Gasteiger partial charge on any atom is 2.00 e. The van der Waals surface area contributed by atoms with E-state index in [1.807, 2.05) is 0 Å². The van der Waals surface area contributed by atoms with Crippen LogP contribution in [0.1, 0.15) is 0 Å². The maximum absolute atomic E-state index is 10.1. The Morgan fingerprint density at radius 3 is 1.17 bits per heavy atom. The van der Waals surface area contributed by atoms with Gasteiger partial charge in [-0.1, -0.05) is 4.20 Å². The Kier molecular flexibility index (Phi) is 5.47. The molecule has 0 amide bonds. The molecule has 32 valence electrons. The fourth-order valence-electron chi connectivity index (χ4n) is 0. The molecule has 0 aromatic rings. The number of hydrogen-bond donors (Lipinski definition) is 0. The Hall–Kier alpha value is 1.18. The maximum atomic E-state index is 10.1. The minimum atomic E-state index is -5.64. The molecule has 0 rings (SSSR count). The molecule has 0 bridgehead atoms. The summed E-state index contributed by atoms with van der Waals surface area (Å²) in [7, 11) is -5.64. The van der Waals surface area contributed by atoms with Gasteiger partial charge >= 0.3 is 27.7 Å². The van der Waals surface area contributed by atoms with Crippen LogP contribution in [0.2, 0.25) is 0 Å². The van der Waals surface area contributed by atoms with Crippen LogP contribution in [0.15, 0.2) is 0 Å². The molecule has 0 unspecified atom stereocenters. The van der Waals surface area contributed by atoms with Crippen LogP contribution in [0.25, 0.3) is 0 Å². The molecule has 0 radical (unpaired) electrons. The Balaban J connectivity index is 0. The van der Waals surface area contributed by atoms with Crippen LogP contribution < -0.4 is 14.7 Å². The average Bonchev–Trinajstić information content (AvgIpc) is 0.722. The Morgan fingerprint density at radius 2 is 1.17 bits per heavy atom. The third-order valence-electron chi connectivity index (χ3n) is 0. The number of hydrogen-bond acceptors (Lipinski definition) is 3. The van der Waals surface area contributed by atoms with Crippen molar-refractivity contribution >= 4 is 8.25 Å². The average molecular weight is 299 g/mol. The van der Waals surface area contributed by atoms with Crippen molar-refractivity contribution < 1.29 is 46.5 Å². The van der Waals surface area contributed by atoms with Crippen LogP contribution in [-0.2, 0) is 27.7 Å². The van der Waals surface area contributed by atoms with E-state index in [4.69, 9.17) is 14.7 Å².